The topological polar surface area (TPSA) is 59.1 Å². The van der Waals surface area contributed by atoms with Gasteiger partial charge in [0, 0.05) is 18.4 Å². The van der Waals surface area contributed by atoms with Gasteiger partial charge in [0.2, 0.25) is 10.0 Å². The smallest absolute Gasteiger partial charge is 0.212 e. The van der Waals surface area contributed by atoms with E-state index in [2.05, 4.69) is 23.6 Å². The summed E-state index contributed by atoms with van der Waals surface area (Å²) in [6, 6.07) is 3.57. The summed E-state index contributed by atoms with van der Waals surface area (Å²) in [5.74, 6) is 0.609. The number of sulfonamides is 1. The first kappa shape index (κ1) is 16.1. The van der Waals surface area contributed by atoms with Gasteiger partial charge in [0.15, 0.2) is 0 Å². The van der Waals surface area contributed by atoms with E-state index in [0.29, 0.717) is 12.3 Å². The Morgan fingerprint density at radius 1 is 1.37 bits per heavy atom. The molecule has 0 saturated heterocycles. The Hall–Kier alpha value is -0.940. The molecule has 5 heteroatoms. The largest absolute Gasteiger partial charge is 0.264 e. The van der Waals surface area contributed by atoms with Crippen molar-refractivity contribution in [1.82, 2.24) is 9.71 Å². The molecule has 108 valence electrons. The minimum absolute atomic E-state index is 0.185. The second kappa shape index (κ2) is 7.60. The maximum Gasteiger partial charge on any atom is 0.212 e. The van der Waals surface area contributed by atoms with Crippen LogP contribution in [-0.4, -0.2) is 19.2 Å². The molecule has 0 spiro atoms. The molecule has 1 rings (SSSR count). The van der Waals surface area contributed by atoms with E-state index in [4.69, 9.17) is 0 Å². The minimum atomic E-state index is -3.21. The van der Waals surface area contributed by atoms with Crippen LogP contribution in [0, 0.1) is 5.92 Å². The van der Waals surface area contributed by atoms with Crippen molar-refractivity contribution in [3.8, 4) is 0 Å². The summed E-state index contributed by atoms with van der Waals surface area (Å²) in [5.41, 5.74) is 0.927. The summed E-state index contributed by atoms with van der Waals surface area (Å²) in [4.78, 5) is 4.07. The van der Waals surface area contributed by atoms with Crippen LogP contribution in [-0.2, 0) is 10.0 Å². The molecule has 0 aliphatic carbocycles. The standard InChI is InChI=1S/C14H24N2O2S/c1-4-5-9-19(17,18)16-14(10-12(2)3)13-7-6-8-15-11-13/h6-8,11-12,14,16H,4-5,9-10H2,1-3H3/t14-/m1/s1. The fraction of sp³-hybridized carbons (Fsp3) is 0.643. The maximum atomic E-state index is 12.0. The van der Waals surface area contributed by atoms with E-state index in [1.807, 2.05) is 19.1 Å². The minimum Gasteiger partial charge on any atom is -0.264 e. The lowest BCUT2D eigenvalue weighted by molar-refractivity contribution is 0.470. The van der Waals surface area contributed by atoms with E-state index >= 15 is 0 Å². The molecule has 0 aromatic carbocycles. The second-order valence-corrected chi connectivity index (χ2v) is 7.13. The molecule has 0 fully saturated rings. The Labute approximate surface area is 116 Å². The third-order valence-electron chi connectivity index (χ3n) is 2.88. The van der Waals surface area contributed by atoms with Crippen molar-refractivity contribution in [1.29, 1.82) is 0 Å². The van der Waals surface area contributed by atoms with Crippen LogP contribution in [0.3, 0.4) is 0 Å². The molecule has 4 nitrogen and oxygen atoms in total. The normalized spacial score (nSPS) is 13.7. The predicted molar refractivity (Wildman–Crippen MR) is 78.3 cm³/mol. The average molecular weight is 284 g/mol. The molecule has 0 amide bonds. The highest BCUT2D eigenvalue weighted by atomic mass is 32.2. The molecule has 0 bridgehead atoms. The van der Waals surface area contributed by atoms with Crippen LogP contribution in [0.5, 0.6) is 0 Å². The SMILES string of the molecule is CCCCS(=O)(=O)N[C@H](CC(C)C)c1cccnc1. The van der Waals surface area contributed by atoms with E-state index in [0.717, 1.165) is 18.4 Å². The van der Waals surface area contributed by atoms with Crippen LogP contribution in [0.25, 0.3) is 0 Å². The number of unbranched alkanes of at least 4 members (excludes halogenated alkanes) is 1. The summed E-state index contributed by atoms with van der Waals surface area (Å²) < 4.78 is 26.9. The predicted octanol–water partition coefficient (Wildman–Crippen LogP) is 2.89. The van der Waals surface area contributed by atoms with Gasteiger partial charge < -0.3 is 0 Å². The highest BCUT2D eigenvalue weighted by molar-refractivity contribution is 7.89. The number of pyridine rings is 1. The lowest BCUT2D eigenvalue weighted by Crippen LogP contribution is -2.31. The van der Waals surface area contributed by atoms with E-state index < -0.39 is 10.0 Å². The first-order valence-corrected chi connectivity index (χ1v) is 8.49. The fourth-order valence-electron chi connectivity index (χ4n) is 1.92. The van der Waals surface area contributed by atoms with Crippen molar-refractivity contribution in [3.63, 3.8) is 0 Å². The van der Waals surface area contributed by atoms with Gasteiger partial charge in [-0.2, -0.15) is 0 Å². The lowest BCUT2D eigenvalue weighted by Gasteiger charge is -2.20. The summed E-state index contributed by atoms with van der Waals surface area (Å²) in [6.07, 6.45) is 5.77. The Balaban J connectivity index is 2.81. The second-order valence-electron chi connectivity index (χ2n) is 5.26. The van der Waals surface area contributed by atoms with Crippen molar-refractivity contribution in [2.75, 3.05) is 5.75 Å². The van der Waals surface area contributed by atoms with Gasteiger partial charge in [0.1, 0.15) is 0 Å². The summed E-state index contributed by atoms with van der Waals surface area (Å²) >= 11 is 0. The molecule has 1 heterocycles. The van der Waals surface area contributed by atoms with Crippen molar-refractivity contribution in [2.24, 2.45) is 5.92 Å². The van der Waals surface area contributed by atoms with E-state index in [1.165, 1.54) is 0 Å². The van der Waals surface area contributed by atoms with Crippen LogP contribution in [0.4, 0.5) is 0 Å². The Morgan fingerprint density at radius 3 is 2.63 bits per heavy atom. The average Bonchev–Trinajstić information content (AvgIpc) is 2.36. The first-order valence-electron chi connectivity index (χ1n) is 6.84. The number of aromatic nitrogens is 1. The molecule has 0 saturated carbocycles. The highest BCUT2D eigenvalue weighted by Crippen LogP contribution is 2.21. The lowest BCUT2D eigenvalue weighted by atomic mass is 9.99. The molecular weight excluding hydrogens is 260 g/mol. The molecular formula is C14H24N2O2S. The molecule has 0 unspecified atom stereocenters. The first-order chi connectivity index (χ1) is 8.94. The van der Waals surface area contributed by atoms with Crippen LogP contribution in [0.15, 0.2) is 24.5 Å². The zero-order chi connectivity index (χ0) is 14.3. The third kappa shape index (κ3) is 6.16. The Kier molecular flexibility index (Phi) is 6.45. The van der Waals surface area contributed by atoms with Crippen molar-refractivity contribution < 1.29 is 8.42 Å². The van der Waals surface area contributed by atoms with E-state index in [1.54, 1.807) is 12.4 Å². The van der Waals surface area contributed by atoms with Crippen LogP contribution in [0.1, 0.15) is 51.6 Å². The highest BCUT2D eigenvalue weighted by Gasteiger charge is 2.20. The zero-order valence-corrected chi connectivity index (χ0v) is 12.8. The van der Waals surface area contributed by atoms with Crippen molar-refractivity contribution in [3.05, 3.63) is 30.1 Å². The van der Waals surface area contributed by atoms with Crippen molar-refractivity contribution in [2.45, 2.75) is 46.1 Å². The molecule has 1 N–H and O–H groups in total. The number of nitrogens with zero attached hydrogens (tertiary/aromatic N) is 1. The summed E-state index contributed by atoms with van der Waals surface area (Å²) in [5, 5.41) is 0. The van der Waals surface area contributed by atoms with Crippen molar-refractivity contribution >= 4 is 10.0 Å². The van der Waals surface area contributed by atoms with Gasteiger partial charge in [-0.15, -0.1) is 0 Å². The van der Waals surface area contributed by atoms with E-state index in [-0.39, 0.29) is 11.8 Å². The summed E-state index contributed by atoms with van der Waals surface area (Å²) in [6.45, 7) is 6.16. The van der Waals surface area contributed by atoms with Gasteiger partial charge >= 0.3 is 0 Å². The summed E-state index contributed by atoms with van der Waals surface area (Å²) in [7, 11) is -3.21. The number of hydrogen-bond donors (Lipinski definition) is 1. The van der Waals surface area contributed by atoms with Crippen LogP contribution < -0.4 is 4.72 Å². The van der Waals surface area contributed by atoms with Gasteiger partial charge in [-0.05, 0) is 30.4 Å². The molecule has 1 aromatic heterocycles. The number of nitrogens with one attached hydrogen (secondary N) is 1. The zero-order valence-electron chi connectivity index (χ0n) is 12.0. The van der Waals surface area contributed by atoms with Gasteiger partial charge in [0.05, 0.1) is 5.75 Å². The molecule has 0 radical (unpaired) electrons. The van der Waals surface area contributed by atoms with Gasteiger partial charge in [-0.3, -0.25) is 4.98 Å². The Morgan fingerprint density at radius 2 is 2.11 bits per heavy atom. The molecule has 0 aliphatic rings. The van der Waals surface area contributed by atoms with Gasteiger partial charge in [0.25, 0.3) is 0 Å². The monoisotopic (exact) mass is 284 g/mol. The fourth-order valence-corrected chi connectivity index (χ4v) is 3.37. The quantitative estimate of drug-likeness (QED) is 0.798. The maximum absolute atomic E-state index is 12.0. The molecule has 19 heavy (non-hydrogen) atoms. The number of rotatable bonds is 8. The van der Waals surface area contributed by atoms with E-state index in [9.17, 15) is 8.42 Å². The van der Waals surface area contributed by atoms with Crippen LogP contribution in [0.2, 0.25) is 0 Å². The van der Waals surface area contributed by atoms with Crippen LogP contribution >= 0.6 is 0 Å². The molecule has 1 aromatic rings. The Bertz CT molecular complexity index is 458. The third-order valence-corrected chi connectivity index (χ3v) is 4.35. The van der Waals surface area contributed by atoms with Gasteiger partial charge in [-0.25, -0.2) is 13.1 Å². The molecule has 0 aliphatic heterocycles. The number of hydrogen-bond acceptors (Lipinski definition) is 3. The van der Waals surface area contributed by atoms with Gasteiger partial charge in [-0.1, -0.05) is 33.3 Å². The molecule has 1 atom stereocenters.